The molecule has 0 aliphatic rings. The number of nitrogens with zero attached hydrogens (tertiary/aromatic N) is 1. The average molecular weight is 193 g/mol. The molecule has 0 aromatic heterocycles. The highest BCUT2D eigenvalue weighted by atomic mass is 16.4. The van der Waals surface area contributed by atoms with Crippen LogP contribution >= 0.6 is 0 Å². The van der Waals surface area contributed by atoms with Crippen LogP contribution in [0.3, 0.4) is 0 Å². The van der Waals surface area contributed by atoms with Crippen LogP contribution in [-0.4, -0.2) is 42.7 Å². The van der Waals surface area contributed by atoms with E-state index in [1.165, 1.54) is 5.56 Å². The third kappa shape index (κ3) is 3.50. The van der Waals surface area contributed by atoms with Gasteiger partial charge in [-0.25, -0.2) is 0 Å². The summed E-state index contributed by atoms with van der Waals surface area (Å²) in [4.78, 5) is 2.12. The van der Waals surface area contributed by atoms with Gasteiger partial charge in [-0.3, -0.25) is 0 Å². The Kier molecular flexibility index (Phi) is 4.13. The molecule has 4 heteroatoms. The van der Waals surface area contributed by atoms with Gasteiger partial charge in [0.2, 0.25) is 0 Å². The normalized spacial score (nSPS) is 10.6. The third-order valence-electron chi connectivity index (χ3n) is 2.13. The van der Waals surface area contributed by atoms with Gasteiger partial charge in [-0.1, -0.05) is 24.3 Å². The van der Waals surface area contributed by atoms with Crippen LogP contribution in [0.15, 0.2) is 24.3 Å². The number of likely N-dealkylation sites (N-methyl/N-ethyl adjacent to an activating group) is 1. The first kappa shape index (κ1) is 11.2. The largest absolute Gasteiger partial charge is 0.488 e. The van der Waals surface area contributed by atoms with Crippen molar-refractivity contribution in [3.63, 3.8) is 0 Å². The zero-order valence-electron chi connectivity index (χ0n) is 8.64. The molecule has 0 bridgehead atoms. The predicted molar refractivity (Wildman–Crippen MR) is 58.5 cm³/mol. The van der Waals surface area contributed by atoms with Crippen molar-refractivity contribution in [1.29, 1.82) is 0 Å². The Morgan fingerprint density at radius 1 is 1.14 bits per heavy atom. The van der Waals surface area contributed by atoms with Gasteiger partial charge in [0.15, 0.2) is 0 Å². The molecule has 0 fully saturated rings. The minimum Gasteiger partial charge on any atom is -0.423 e. The highest BCUT2D eigenvalue weighted by Crippen LogP contribution is 1.99. The minimum absolute atomic E-state index is 0.540. The third-order valence-corrected chi connectivity index (χ3v) is 2.13. The monoisotopic (exact) mass is 193 g/mol. The number of hydrogen-bond donors (Lipinski definition) is 2. The van der Waals surface area contributed by atoms with Crippen molar-refractivity contribution in [3.8, 4) is 0 Å². The van der Waals surface area contributed by atoms with E-state index in [-0.39, 0.29) is 0 Å². The van der Waals surface area contributed by atoms with Crippen molar-refractivity contribution in [3.05, 3.63) is 29.8 Å². The van der Waals surface area contributed by atoms with E-state index in [1.54, 1.807) is 12.1 Å². The summed E-state index contributed by atoms with van der Waals surface area (Å²) < 4.78 is 0. The summed E-state index contributed by atoms with van der Waals surface area (Å²) in [7, 11) is 2.70. The van der Waals surface area contributed by atoms with Crippen molar-refractivity contribution in [2.24, 2.45) is 0 Å². The Morgan fingerprint density at radius 2 is 1.71 bits per heavy atom. The van der Waals surface area contributed by atoms with Gasteiger partial charge in [0.25, 0.3) is 0 Å². The van der Waals surface area contributed by atoms with E-state index < -0.39 is 7.12 Å². The van der Waals surface area contributed by atoms with Crippen LogP contribution < -0.4 is 5.46 Å². The average Bonchev–Trinajstić information content (AvgIpc) is 2.15. The van der Waals surface area contributed by atoms with Gasteiger partial charge in [0, 0.05) is 6.54 Å². The summed E-state index contributed by atoms with van der Waals surface area (Å²) in [6.45, 7) is 1.00. The Hall–Kier alpha value is -0.835. The van der Waals surface area contributed by atoms with E-state index in [4.69, 9.17) is 10.0 Å². The zero-order chi connectivity index (χ0) is 10.6. The van der Waals surface area contributed by atoms with Crippen LogP contribution in [0.5, 0.6) is 0 Å². The SMILES string of the molecule is CN(C)CCc1ccc(B(O)O)cc1. The van der Waals surface area contributed by atoms with Gasteiger partial charge in [0.1, 0.15) is 0 Å². The van der Waals surface area contributed by atoms with Gasteiger partial charge in [-0.05, 0) is 31.5 Å². The van der Waals surface area contributed by atoms with Gasteiger partial charge < -0.3 is 14.9 Å². The molecule has 0 aliphatic heterocycles. The van der Waals surface area contributed by atoms with Crippen molar-refractivity contribution < 1.29 is 10.0 Å². The van der Waals surface area contributed by atoms with Crippen LogP contribution in [0.25, 0.3) is 0 Å². The van der Waals surface area contributed by atoms with E-state index >= 15 is 0 Å². The highest BCUT2D eigenvalue weighted by Gasteiger charge is 2.09. The van der Waals surface area contributed by atoms with Crippen molar-refractivity contribution >= 4 is 12.6 Å². The molecule has 1 rings (SSSR count). The second kappa shape index (κ2) is 5.15. The predicted octanol–water partition coefficient (Wildman–Crippen LogP) is -0.530. The molecule has 0 heterocycles. The quantitative estimate of drug-likeness (QED) is 0.632. The maximum absolute atomic E-state index is 8.88. The molecule has 0 atom stereocenters. The Bertz CT molecular complexity index is 272. The second-order valence-corrected chi connectivity index (χ2v) is 3.67. The van der Waals surface area contributed by atoms with Crippen molar-refractivity contribution in [2.75, 3.05) is 20.6 Å². The molecule has 0 saturated carbocycles. The van der Waals surface area contributed by atoms with Gasteiger partial charge in [-0.2, -0.15) is 0 Å². The lowest BCUT2D eigenvalue weighted by molar-refractivity contribution is 0.413. The maximum atomic E-state index is 8.88. The molecule has 0 aliphatic carbocycles. The van der Waals surface area contributed by atoms with E-state index in [9.17, 15) is 0 Å². The summed E-state index contributed by atoms with van der Waals surface area (Å²) in [5.41, 5.74) is 1.75. The first-order valence-corrected chi connectivity index (χ1v) is 4.69. The van der Waals surface area contributed by atoms with E-state index in [1.807, 2.05) is 26.2 Å². The number of hydrogen-bond acceptors (Lipinski definition) is 3. The van der Waals surface area contributed by atoms with Crippen LogP contribution in [0.4, 0.5) is 0 Å². The van der Waals surface area contributed by atoms with Crippen molar-refractivity contribution in [1.82, 2.24) is 4.90 Å². The lowest BCUT2D eigenvalue weighted by Crippen LogP contribution is -2.29. The van der Waals surface area contributed by atoms with E-state index in [0.29, 0.717) is 5.46 Å². The van der Waals surface area contributed by atoms with Crippen LogP contribution in [0, 0.1) is 0 Å². The zero-order valence-corrected chi connectivity index (χ0v) is 8.64. The number of benzene rings is 1. The fraction of sp³-hybridized carbons (Fsp3) is 0.400. The Balaban J connectivity index is 2.55. The molecular formula is C10H16BNO2. The molecule has 14 heavy (non-hydrogen) atoms. The fourth-order valence-electron chi connectivity index (χ4n) is 1.21. The van der Waals surface area contributed by atoms with Gasteiger partial charge in [0.05, 0.1) is 0 Å². The fourth-order valence-corrected chi connectivity index (χ4v) is 1.21. The highest BCUT2D eigenvalue weighted by molar-refractivity contribution is 6.58. The first-order chi connectivity index (χ1) is 6.59. The summed E-state index contributed by atoms with van der Waals surface area (Å²) in [5, 5.41) is 17.8. The molecule has 1 aromatic rings. The van der Waals surface area contributed by atoms with Gasteiger partial charge >= 0.3 is 7.12 Å². The van der Waals surface area contributed by atoms with Crippen LogP contribution in [0.1, 0.15) is 5.56 Å². The summed E-state index contributed by atoms with van der Waals surface area (Å²) in [6, 6.07) is 7.35. The summed E-state index contributed by atoms with van der Waals surface area (Å²) in [5.74, 6) is 0. The molecule has 76 valence electrons. The first-order valence-electron chi connectivity index (χ1n) is 4.69. The molecule has 3 nitrogen and oxygen atoms in total. The molecule has 0 radical (unpaired) electrons. The summed E-state index contributed by atoms with van der Waals surface area (Å²) in [6.07, 6.45) is 0.981. The van der Waals surface area contributed by atoms with Crippen LogP contribution in [0.2, 0.25) is 0 Å². The molecule has 1 aromatic carbocycles. The topological polar surface area (TPSA) is 43.7 Å². The standard InChI is InChI=1S/C10H16BNO2/c1-12(2)8-7-9-3-5-10(6-4-9)11(13)14/h3-6,13-14H,7-8H2,1-2H3. The number of rotatable bonds is 4. The van der Waals surface area contributed by atoms with Gasteiger partial charge in [-0.15, -0.1) is 0 Å². The summed E-state index contributed by atoms with van der Waals surface area (Å²) >= 11 is 0. The van der Waals surface area contributed by atoms with Crippen molar-refractivity contribution in [2.45, 2.75) is 6.42 Å². The molecule has 0 saturated heterocycles. The smallest absolute Gasteiger partial charge is 0.423 e. The molecular weight excluding hydrogens is 177 g/mol. The Labute approximate surface area is 85.1 Å². The maximum Gasteiger partial charge on any atom is 0.488 e. The second-order valence-electron chi connectivity index (χ2n) is 3.67. The molecule has 2 N–H and O–H groups in total. The van der Waals surface area contributed by atoms with Crippen LogP contribution in [-0.2, 0) is 6.42 Å². The molecule has 0 unspecified atom stereocenters. The molecule has 0 amide bonds. The Morgan fingerprint density at radius 3 is 2.14 bits per heavy atom. The molecule has 0 spiro atoms. The van der Waals surface area contributed by atoms with E-state index in [2.05, 4.69) is 4.90 Å². The van der Waals surface area contributed by atoms with E-state index in [0.717, 1.165) is 13.0 Å². The lowest BCUT2D eigenvalue weighted by Gasteiger charge is -2.09. The lowest BCUT2D eigenvalue weighted by atomic mass is 9.80. The minimum atomic E-state index is -1.36.